The predicted molar refractivity (Wildman–Crippen MR) is 76.3 cm³/mol. The summed E-state index contributed by atoms with van der Waals surface area (Å²) in [5.41, 5.74) is 1.35. The molecular formula is C16H16O3. The first-order valence-corrected chi connectivity index (χ1v) is 6.13. The zero-order valence-electron chi connectivity index (χ0n) is 10.7. The quantitative estimate of drug-likeness (QED) is 0.821. The summed E-state index contributed by atoms with van der Waals surface area (Å²) in [5.74, 6) is 0.343. The van der Waals surface area contributed by atoms with Crippen LogP contribution in [0.1, 0.15) is 18.1 Å². The molecule has 0 amide bonds. The van der Waals surface area contributed by atoms with Gasteiger partial charge < -0.3 is 14.9 Å². The number of hydrogen-bond donors (Lipinski definition) is 2. The zero-order valence-corrected chi connectivity index (χ0v) is 10.7. The molecule has 0 aliphatic rings. The van der Waals surface area contributed by atoms with Crippen molar-refractivity contribution in [3.8, 4) is 17.2 Å². The van der Waals surface area contributed by atoms with Gasteiger partial charge in [0.05, 0.1) is 12.2 Å². The van der Waals surface area contributed by atoms with Crippen LogP contribution in [0.25, 0.3) is 12.2 Å². The molecule has 2 aromatic carbocycles. The summed E-state index contributed by atoms with van der Waals surface area (Å²) in [4.78, 5) is 0. The lowest BCUT2D eigenvalue weighted by Gasteiger charge is -2.09. The minimum Gasteiger partial charge on any atom is -0.507 e. The number of phenols is 2. The van der Waals surface area contributed by atoms with E-state index in [-0.39, 0.29) is 11.5 Å². The lowest BCUT2D eigenvalue weighted by atomic mass is 10.1. The van der Waals surface area contributed by atoms with Gasteiger partial charge in [0, 0.05) is 0 Å². The second-order valence-electron chi connectivity index (χ2n) is 4.02. The summed E-state index contributed by atoms with van der Waals surface area (Å²) >= 11 is 0. The van der Waals surface area contributed by atoms with Crippen molar-refractivity contribution in [3.63, 3.8) is 0 Å². The van der Waals surface area contributed by atoms with Crippen molar-refractivity contribution in [2.75, 3.05) is 6.61 Å². The molecule has 0 aromatic heterocycles. The smallest absolute Gasteiger partial charge is 0.168 e. The third-order valence-corrected chi connectivity index (χ3v) is 2.70. The SMILES string of the molecule is CCOc1ccc(O)c(C=Cc2ccccc2)c1O. The molecule has 0 radical (unpaired) electrons. The highest BCUT2D eigenvalue weighted by atomic mass is 16.5. The Morgan fingerprint density at radius 3 is 2.42 bits per heavy atom. The molecule has 19 heavy (non-hydrogen) atoms. The monoisotopic (exact) mass is 256 g/mol. The topological polar surface area (TPSA) is 49.7 Å². The highest BCUT2D eigenvalue weighted by Gasteiger charge is 2.10. The van der Waals surface area contributed by atoms with E-state index in [1.165, 1.54) is 6.07 Å². The van der Waals surface area contributed by atoms with Crippen LogP contribution in [0.5, 0.6) is 17.2 Å². The lowest BCUT2D eigenvalue weighted by molar-refractivity contribution is 0.316. The van der Waals surface area contributed by atoms with Crippen LogP contribution in [0.15, 0.2) is 42.5 Å². The van der Waals surface area contributed by atoms with E-state index in [2.05, 4.69) is 0 Å². The first kappa shape index (κ1) is 13.0. The highest BCUT2D eigenvalue weighted by Crippen LogP contribution is 2.37. The van der Waals surface area contributed by atoms with E-state index in [4.69, 9.17) is 4.74 Å². The third-order valence-electron chi connectivity index (χ3n) is 2.70. The number of aromatic hydroxyl groups is 2. The number of phenolic OH excluding ortho intramolecular Hbond substituents is 2. The summed E-state index contributed by atoms with van der Waals surface area (Å²) in [6.45, 7) is 2.30. The van der Waals surface area contributed by atoms with E-state index in [0.29, 0.717) is 17.9 Å². The molecule has 0 spiro atoms. The molecular weight excluding hydrogens is 240 g/mol. The van der Waals surface area contributed by atoms with Crippen molar-refractivity contribution >= 4 is 12.2 Å². The van der Waals surface area contributed by atoms with Gasteiger partial charge in [-0.2, -0.15) is 0 Å². The Hall–Kier alpha value is -2.42. The van der Waals surface area contributed by atoms with E-state index in [0.717, 1.165) is 5.56 Å². The maximum Gasteiger partial charge on any atom is 0.168 e. The molecule has 0 fully saturated rings. The number of rotatable bonds is 4. The van der Waals surface area contributed by atoms with Crippen LogP contribution in [0, 0.1) is 0 Å². The van der Waals surface area contributed by atoms with Gasteiger partial charge in [0.25, 0.3) is 0 Å². The van der Waals surface area contributed by atoms with Crippen LogP contribution < -0.4 is 4.74 Å². The molecule has 2 aromatic rings. The summed E-state index contributed by atoms with van der Waals surface area (Å²) < 4.78 is 5.29. The second kappa shape index (κ2) is 5.96. The average Bonchev–Trinajstić information content (AvgIpc) is 2.43. The van der Waals surface area contributed by atoms with Gasteiger partial charge in [0.2, 0.25) is 0 Å². The normalized spacial score (nSPS) is 10.8. The summed E-state index contributed by atoms with van der Waals surface area (Å²) in [6.07, 6.45) is 3.49. The fourth-order valence-electron chi connectivity index (χ4n) is 1.76. The minimum absolute atomic E-state index is 0.0214. The van der Waals surface area contributed by atoms with Crippen molar-refractivity contribution in [2.24, 2.45) is 0 Å². The molecule has 0 saturated heterocycles. The van der Waals surface area contributed by atoms with Gasteiger partial charge in [-0.15, -0.1) is 0 Å². The molecule has 0 aliphatic heterocycles. The van der Waals surface area contributed by atoms with Gasteiger partial charge in [0.1, 0.15) is 5.75 Å². The standard InChI is InChI=1S/C16H16O3/c1-2-19-15-11-10-14(17)13(16(15)18)9-8-12-6-4-3-5-7-12/h3-11,17-18H,2H2,1H3. The zero-order chi connectivity index (χ0) is 13.7. The van der Waals surface area contributed by atoms with Crippen LogP contribution in [0.4, 0.5) is 0 Å². The van der Waals surface area contributed by atoms with E-state index < -0.39 is 0 Å². The number of ether oxygens (including phenoxy) is 1. The van der Waals surface area contributed by atoms with Crippen molar-refractivity contribution < 1.29 is 14.9 Å². The van der Waals surface area contributed by atoms with Crippen LogP contribution in [-0.2, 0) is 0 Å². The Morgan fingerprint density at radius 1 is 1.00 bits per heavy atom. The molecule has 2 N–H and O–H groups in total. The predicted octanol–water partition coefficient (Wildman–Crippen LogP) is 3.67. The molecule has 0 heterocycles. The number of benzene rings is 2. The van der Waals surface area contributed by atoms with E-state index in [1.807, 2.05) is 43.3 Å². The molecule has 0 unspecified atom stereocenters. The van der Waals surface area contributed by atoms with Crippen molar-refractivity contribution in [2.45, 2.75) is 6.92 Å². The van der Waals surface area contributed by atoms with Gasteiger partial charge in [-0.1, -0.05) is 36.4 Å². The third kappa shape index (κ3) is 3.07. The largest absolute Gasteiger partial charge is 0.507 e. The Bertz CT molecular complexity index is 574. The Kier molecular flexibility index (Phi) is 4.08. The first-order chi connectivity index (χ1) is 9.22. The Balaban J connectivity index is 2.34. The summed E-state index contributed by atoms with van der Waals surface area (Å²) in [7, 11) is 0. The molecule has 3 nitrogen and oxygen atoms in total. The molecule has 2 rings (SSSR count). The molecule has 98 valence electrons. The van der Waals surface area contributed by atoms with Crippen LogP contribution >= 0.6 is 0 Å². The fraction of sp³-hybridized carbons (Fsp3) is 0.125. The van der Waals surface area contributed by atoms with Gasteiger partial charge in [-0.05, 0) is 30.7 Å². The van der Waals surface area contributed by atoms with Crippen LogP contribution in [0.2, 0.25) is 0 Å². The van der Waals surface area contributed by atoms with E-state index >= 15 is 0 Å². The van der Waals surface area contributed by atoms with Gasteiger partial charge in [-0.3, -0.25) is 0 Å². The molecule has 3 heteroatoms. The van der Waals surface area contributed by atoms with Gasteiger partial charge >= 0.3 is 0 Å². The minimum atomic E-state index is -0.0472. The van der Waals surface area contributed by atoms with Crippen molar-refractivity contribution in [1.29, 1.82) is 0 Å². The number of hydrogen-bond acceptors (Lipinski definition) is 3. The van der Waals surface area contributed by atoms with Gasteiger partial charge in [0.15, 0.2) is 11.5 Å². The van der Waals surface area contributed by atoms with Gasteiger partial charge in [-0.25, -0.2) is 0 Å². The van der Waals surface area contributed by atoms with E-state index in [9.17, 15) is 10.2 Å². The first-order valence-electron chi connectivity index (χ1n) is 6.13. The highest BCUT2D eigenvalue weighted by molar-refractivity contribution is 5.77. The Morgan fingerprint density at radius 2 is 1.74 bits per heavy atom. The molecule has 0 bridgehead atoms. The maximum absolute atomic E-state index is 10.0. The van der Waals surface area contributed by atoms with Crippen LogP contribution in [-0.4, -0.2) is 16.8 Å². The summed E-state index contributed by atoms with van der Waals surface area (Å²) in [6, 6.07) is 12.7. The van der Waals surface area contributed by atoms with Crippen molar-refractivity contribution in [1.82, 2.24) is 0 Å². The second-order valence-corrected chi connectivity index (χ2v) is 4.02. The Labute approximate surface area is 112 Å². The average molecular weight is 256 g/mol. The molecule has 0 saturated carbocycles. The molecule has 0 aliphatic carbocycles. The van der Waals surface area contributed by atoms with Crippen molar-refractivity contribution in [3.05, 3.63) is 53.6 Å². The summed E-state index contributed by atoms with van der Waals surface area (Å²) in [5, 5.41) is 19.8. The molecule has 0 atom stereocenters. The lowest BCUT2D eigenvalue weighted by Crippen LogP contribution is -1.92. The maximum atomic E-state index is 10.0. The fourth-order valence-corrected chi connectivity index (χ4v) is 1.76. The van der Waals surface area contributed by atoms with E-state index in [1.54, 1.807) is 12.1 Å². The van der Waals surface area contributed by atoms with Crippen LogP contribution in [0.3, 0.4) is 0 Å².